The van der Waals surface area contributed by atoms with Gasteiger partial charge >= 0.3 is 0 Å². The van der Waals surface area contributed by atoms with Crippen molar-refractivity contribution in [2.24, 2.45) is 0 Å². The maximum Gasteiger partial charge on any atom is 0.165 e. The van der Waals surface area contributed by atoms with E-state index >= 15 is 0 Å². The third-order valence-corrected chi connectivity index (χ3v) is 4.54. The molecule has 3 rings (SSSR count). The quantitative estimate of drug-likeness (QED) is 0.896. The van der Waals surface area contributed by atoms with Crippen LogP contribution in [-0.4, -0.2) is 25.1 Å². The van der Waals surface area contributed by atoms with Crippen LogP contribution in [0.5, 0.6) is 23.0 Å². The van der Waals surface area contributed by atoms with E-state index in [1.165, 1.54) is 7.11 Å². The zero-order chi connectivity index (χ0) is 18.1. The summed E-state index contributed by atoms with van der Waals surface area (Å²) in [4.78, 5) is 11.5. The number of rotatable bonds is 5. The molecular weight excluding hydrogens is 320 g/mol. The molecule has 2 atom stereocenters. The van der Waals surface area contributed by atoms with E-state index in [0.29, 0.717) is 23.7 Å². The maximum atomic E-state index is 11.5. The van der Waals surface area contributed by atoms with Crippen LogP contribution in [0.2, 0.25) is 0 Å². The van der Waals surface area contributed by atoms with Crippen LogP contribution in [-0.2, 0) is 11.2 Å². The number of Topliss-reactive ketones (excluding diaryl/α,β-unsaturated/α-hetero) is 1. The normalized spacial score (nSPS) is 18.4. The second-order valence-electron chi connectivity index (χ2n) is 6.35. The monoisotopic (exact) mass is 342 g/mol. The molecule has 1 heterocycles. The molecule has 5 heteroatoms. The highest BCUT2D eigenvalue weighted by molar-refractivity contribution is 5.78. The summed E-state index contributed by atoms with van der Waals surface area (Å²) in [6, 6.07) is 9.08. The topological polar surface area (TPSA) is 65.0 Å². The van der Waals surface area contributed by atoms with E-state index in [4.69, 9.17) is 14.2 Å². The molecule has 1 aliphatic heterocycles. The number of aromatic hydroxyl groups is 1. The van der Waals surface area contributed by atoms with Crippen LogP contribution in [0.4, 0.5) is 0 Å². The number of phenolic OH excluding ortho intramolecular Hbond substituents is 1. The molecule has 0 bridgehead atoms. The lowest BCUT2D eigenvalue weighted by Gasteiger charge is -2.17. The highest BCUT2D eigenvalue weighted by Gasteiger charge is 2.35. The Hall–Kier alpha value is -2.69. The first kappa shape index (κ1) is 17.1. The van der Waals surface area contributed by atoms with Crippen LogP contribution >= 0.6 is 0 Å². The largest absolute Gasteiger partial charge is 0.504 e. The first-order valence-corrected chi connectivity index (χ1v) is 8.18. The minimum Gasteiger partial charge on any atom is -0.504 e. The summed E-state index contributed by atoms with van der Waals surface area (Å²) < 4.78 is 16.9. The third kappa shape index (κ3) is 3.14. The standard InChI is InChI=1S/C20H22O5/c1-11(21)7-13-8-15-12(2)19(25-20(15)18(9-13)24-4)14-5-6-16(22)17(10-14)23-3/h5-6,8-10,12,19,22H,7H2,1-4H3/t12-,19-/m1/s1. The maximum absolute atomic E-state index is 11.5. The van der Waals surface area contributed by atoms with E-state index in [1.54, 1.807) is 26.2 Å². The van der Waals surface area contributed by atoms with Crippen LogP contribution in [0.25, 0.3) is 0 Å². The van der Waals surface area contributed by atoms with Crippen LogP contribution < -0.4 is 14.2 Å². The Bertz CT molecular complexity index is 812. The fraction of sp³-hybridized carbons (Fsp3) is 0.350. The zero-order valence-corrected chi connectivity index (χ0v) is 14.8. The van der Waals surface area contributed by atoms with Crippen LogP contribution in [0.1, 0.15) is 42.6 Å². The van der Waals surface area contributed by atoms with Crippen molar-refractivity contribution in [3.63, 3.8) is 0 Å². The second-order valence-corrected chi connectivity index (χ2v) is 6.35. The van der Waals surface area contributed by atoms with Gasteiger partial charge in [0, 0.05) is 17.9 Å². The molecule has 0 saturated heterocycles. The number of methoxy groups -OCH3 is 2. The second kappa shape index (κ2) is 6.67. The van der Waals surface area contributed by atoms with Gasteiger partial charge < -0.3 is 19.3 Å². The molecule has 2 aromatic carbocycles. The number of benzene rings is 2. The van der Waals surface area contributed by atoms with E-state index in [1.807, 2.05) is 18.2 Å². The lowest BCUT2D eigenvalue weighted by molar-refractivity contribution is -0.116. The molecule has 0 aromatic heterocycles. The van der Waals surface area contributed by atoms with Crippen molar-refractivity contribution >= 4 is 5.78 Å². The number of fused-ring (bicyclic) bond motifs is 1. The van der Waals surface area contributed by atoms with Gasteiger partial charge in [0.1, 0.15) is 11.9 Å². The van der Waals surface area contributed by atoms with Crippen molar-refractivity contribution in [2.75, 3.05) is 14.2 Å². The van der Waals surface area contributed by atoms with Crippen molar-refractivity contribution in [2.45, 2.75) is 32.3 Å². The molecule has 1 aliphatic rings. The summed E-state index contributed by atoms with van der Waals surface area (Å²) in [5.74, 6) is 2.02. The average molecular weight is 342 g/mol. The Morgan fingerprint density at radius 3 is 2.52 bits per heavy atom. The Morgan fingerprint density at radius 2 is 1.88 bits per heavy atom. The van der Waals surface area contributed by atoms with Gasteiger partial charge in [-0.1, -0.05) is 19.1 Å². The Kier molecular flexibility index (Phi) is 4.57. The van der Waals surface area contributed by atoms with Gasteiger partial charge in [-0.05, 0) is 36.2 Å². The summed E-state index contributed by atoms with van der Waals surface area (Å²) in [5, 5.41) is 9.80. The summed E-state index contributed by atoms with van der Waals surface area (Å²) in [6.45, 7) is 3.65. The Balaban J connectivity index is 2.00. The smallest absolute Gasteiger partial charge is 0.165 e. The number of carbonyl (C=O) groups excluding carboxylic acids is 1. The summed E-state index contributed by atoms with van der Waals surface area (Å²) in [7, 11) is 3.11. The summed E-state index contributed by atoms with van der Waals surface area (Å²) >= 11 is 0. The minimum absolute atomic E-state index is 0.0741. The first-order valence-electron chi connectivity index (χ1n) is 8.18. The minimum atomic E-state index is -0.217. The van der Waals surface area contributed by atoms with E-state index in [0.717, 1.165) is 16.7 Å². The van der Waals surface area contributed by atoms with Gasteiger partial charge in [0.2, 0.25) is 0 Å². The van der Waals surface area contributed by atoms with Gasteiger partial charge in [-0.2, -0.15) is 0 Å². The van der Waals surface area contributed by atoms with Crippen LogP contribution in [0.3, 0.4) is 0 Å². The van der Waals surface area contributed by atoms with Crippen molar-refractivity contribution in [3.05, 3.63) is 47.0 Å². The number of ether oxygens (including phenoxy) is 3. The van der Waals surface area contributed by atoms with Gasteiger partial charge in [-0.3, -0.25) is 4.79 Å². The first-order chi connectivity index (χ1) is 11.9. The van der Waals surface area contributed by atoms with Crippen molar-refractivity contribution in [3.8, 4) is 23.0 Å². The van der Waals surface area contributed by atoms with Gasteiger partial charge in [0.05, 0.1) is 14.2 Å². The summed E-state index contributed by atoms with van der Waals surface area (Å²) in [5.41, 5.74) is 2.85. The molecular formula is C20H22O5. The van der Waals surface area contributed by atoms with E-state index in [9.17, 15) is 9.90 Å². The van der Waals surface area contributed by atoms with E-state index < -0.39 is 0 Å². The average Bonchev–Trinajstić information content (AvgIpc) is 2.91. The lowest BCUT2D eigenvalue weighted by Crippen LogP contribution is -2.07. The van der Waals surface area contributed by atoms with Crippen molar-refractivity contribution < 1.29 is 24.1 Å². The Labute approximate surface area is 147 Å². The number of carbonyl (C=O) groups is 1. The number of hydrogen-bond acceptors (Lipinski definition) is 5. The van der Waals surface area contributed by atoms with E-state index in [2.05, 4.69) is 6.92 Å². The zero-order valence-electron chi connectivity index (χ0n) is 14.8. The molecule has 0 radical (unpaired) electrons. The predicted molar refractivity (Wildman–Crippen MR) is 93.8 cm³/mol. The van der Waals surface area contributed by atoms with Gasteiger partial charge in [0.25, 0.3) is 0 Å². The molecule has 0 spiro atoms. The Morgan fingerprint density at radius 1 is 1.16 bits per heavy atom. The number of phenols is 1. The molecule has 1 N–H and O–H groups in total. The van der Waals surface area contributed by atoms with Gasteiger partial charge in [0.15, 0.2) is 23.0 Å². The lowest BCUT2D eigenvalue weighted by atomic mass is 9.91. The fourth-order valence-corrected chi connectivity index (χ4v) is 3.31. The number of ketones is 1. The molecule has 2 aromatic rings. The fourth-order valence-electron chi connectivity index (χ4n) is 3.31. The highest BCUT2D eigenvalue weighted by atomic mass is 16.5. The molecule has 25 heavy (non-hydrogen) atoms. The van der Waals surface area contributed by atoms with Crippen molar-refractivity contribution in [1.82, 2.24) is 0 Å². The molecule has 132 valence electrons. The van der Waals surface area contributed by atoms with Crippen LogP contribution in [0.15, 0.2) is 30.3 Å². The predicted octanol–water partition coefficient (Wildman–Crippen LogP) is 3.78. The highest BCUT2D eigenvalue weighted by Crippen LogP contribution is 2.51. The summed E-state index contributed by atoms with van der Waals surface area (Å²) in [6.07, 6.45) is 0.152. The third-order valence-electron chi connectivity index (χ3n) is 4.54. The SMILES string of the molecule is COc1cc([C@@H]2Oc3c(OC)cc(CC(C)=O)cc3[C@H]2C)ccc1O. The number of hydrogen-bond donors (Lipinski definition) is 1. The van der Waals surface area contributed by atoms with E-state index in [-0.39, 0.29) is 23.6 Å². The molecule has 0 fully saturated rings. The van der Waals surface area contributed by atoms with Crippen molar-refractivity contribution in [1.29, 1.82) is 0 Å². The molecule has 0 unspecified atom stereocenters. The molecule has 5 nitrogen and oxygen atoms in total. The molecule has 0 amide bonds. The van der Waals surface area contributed by atoms with Gasteiger partial charge in [-0.15, -0.1) is 0 Å². The van der Waals surface area contributed by atoms with Gasteiger partial charge in [-0.25, -0.2) is 0 Å². The molecule has 0 saturated carbocycles. The van der Waals surface area contributed by atoms with Crippen LogP contribution in [0, 0.1) is 0 Å². The molecule has 0 aliphatic carbocycles.